The molecule has 0 saturated carbocycles. The van der Waals surface area contributed by atoms with Gasteiger partial charge in [-0.2, -0.15) is 0 Å². The molecule has 1 aliphatic rings. The third-order valence-electron chi connectivity index (χ3n) is 3.05. The molecule has 1 rings (SSSR count). The first-order valence-electron chi connectivity index (χ1n) is 5.35. The third-order valence-corrected chi connectivity index (χ3v) is 3.05. The smallest absolute Gasteiger partial charge is 0.0186 e. The molecule has 0 heterocycles. The van der Waals surface area contributed by atoms with E-state index in [1.807, 2.05) is 0 Å². The van der Waals surface area contributed by atoms with Crippen LogP contribution in [0.15, 0.2) is 11.6 Å². The Morgan fingerprint density at radius 2 is 2.08 bits per heavy atom. The molecular formula is C12H23N. The molecule has 2 atom stereocenters. The molecular weight excluding hydrogens is 158 g/mol. The summed E-state index contributed by atoms with van der Waals surface area (Å²) < 4.78 is 0. The van der Waals surface area contributed by atoms with Gasteiger partial charge in [-0.15, -0.1) is 0 Å². The zero-order valence-corrected chi connectivity index (χ0v) is 9.67. The molecule has 0 amide bonds. The molecule has 1 heteroatoms. The van der Waals surface area contributed by atoms with E-state index in [0.29, 0.717) is 0 Å². The second-order valence-corrected chi connectivity index (χ2v) is 5.03. The van der Waals surface area contributed by atoms with Gasteiger partial charge in [0.15, 0.2) is 0 Å². The van der Waals surface area contributed by atoms with Gasteiger partial charge in [0.05, 0.1) is 0 Å². The van der Waals surface area contributed by atoms with Crippen LogP contribution in [0, 0.1) is 17.8 Å². The summed E-state index contributed by atoms with van der Waals surface area (Å²) in [5, 5.41) is 0. The first kappa shape index (κ1) is 10.8. The van der Waals surface area contributed by atoms with E-state index in [4.69, 9.17) is 0 Å². The second-order valence-electron chi connectivity index (χ2n) is 5.03. The van der Waals surface area contributed by atoms with Crippen LogP contribution < -0.4 is 0 Å². The highest BCUT2D eigenvalue weighted by molar-refractivity contribution is 5.15. The SMILES string of the molecule is CC(C)[C@H]1CC(CN(C)C)=CC1C. The van der Waals surface area contributed by atoms with Gasteiger partial charge in [0, 0.05) is 6.54 Å². The fourth-order valence-corrected chi connectivity index (χ4v) is 2.42. The van der Waals surface area contributed by atoms with Crippen LogP contribution in [0.5, 0.6) is 0 Å². The minimum Gasteiger partial charge on any atom is -0.305 e. The Hall–Kier alpha value is -0.300. The Bertz CT molecular complexity index is 191. The van der Waals surface area contributed by atoms with Crippen molar-refractivity contribution in [2.75, 3.05) is 20.6 Å². The predicted molar refractivity (Wildman–Crippen MR) is 58.7 cm³/mol. The number of likely N-dealkylation sites (N-methyl/N-ethyl adjacent to an activating group) is 1. The molecule has 0 N–H and O–H groups in total. The van der Waals surface area contributed by atoms with E-state index in [0.717, 1.165) is 24.3 Å². The standard InChI is InChI=1S/C12H23N/c1-9(2)12-7-11(6-10(12)3)8-13(4)5/h6,9-10,12H,7-8H2,1-5H3/t10?,12-/m1/s1. The quantitative estimate of drug-likeness (QED) is 0.605. The topological polar surface area (TPSA) is 3.24 Å². The largest absolute Gasteiger partial charge is 0.305 e. The van der Waals surface area contributed by atoms with Gasteiger partial charge >= 0.3 is 0 Å². The number of hydrogen-bond acceptors (Lipinski definition) is 1. The lowest BCUT2D eigenvalue weighted by Gasteiger charge is -2.19. The van der Waals surface area contributed by atoms with Gasteiger partial charge in [0.2, 0.25) is 0 Å². The summed E-state index contributed by atoms with van der Waals surface area (Å²) in [6.07, 6.45) is 3.79. The van der Waals surface area contributed by atoms with Crippen LogP contribution in [0.4, 0.5) is 0 Å². The Morgan fingerprint density at radius 1 is 1.46 bits per heavy atom. The number of nitrogens with zero attached hydrogens (tertiary/aromatic N) is 1. The van der Waals surface area contributed by atoms with Crippen molar-refractivity contribution >= 4 is 0 Å². The molecule has 0 radical (unpaired) electrons. The Kier molecular flexibility index (Phi) is 3.55. The van der Waals surface area contributed by atoms with E-state index in [1.165, 1.54) is 6.42 Å². The number of allylic oxidation sites excluding steroid dienone is 1. The minimum absolute atomic E-state index is 0.787. The van der Waals surface area contributed by atoms with Crippen molar-refractivity contribution < 1.29 is 0 Å². The van der Waals surface area contributed by atoms with Crippen molar-refractivity contribution in [1.82, 2.24) is 4.90 Å². The van der Waals surface area contributed by atoms with Gasteiger partial charge in [-0.05, 0) is 38.3 Å². The lowest BCUT2D eigenvalue weighted by atomic mass is 9.86. The number of rotatable bonds is 3. The molecule has 0 aromatic rings. The molecule has 0 fully saturated rings. The van der Waals surface area contributed by atoms with Crippen LogP contribution in [0.1, 0.15) is 27.2 Å². The second kappa shape index (κ2) is 4.28. The summed E-state index contributed by atoms with van der Waals surface area (Å²) in [4.78, 5) is 2.27. The van der Waals surface area contributed by atoms with Gasteiger partial charge in [-0.1, -0.05) is 32.4 Å². The molecule has 1 unspecified atom stereocenters. The van der Waals surface area contributed by atoms with Gasteiger partial charge in [-0.3, -0.25) is 0 Å². The van der Waals surface area contributed by atoms with Crippen molar-refractivity contribution in [3.63, 3.8) is 0 Å². The lowest BCUT2D eigenvalue weighted by Crippen LogP contribution is -2.16. The molecule has 76 valence electrons. The monoisotopic (exact) mass is 181 g/mol. The molecule has 1 nitrogen and oxygen atoms in total. The van der Waals surface area contributed by atoms with E-state index in [9.17, 15) is 0 Å². The minimum atomic E-state index is 0.787. The fourth-order valence-electron chi connectivity index (χ4n) is 2.42. The summed E-state index contributed by atoms with van der Waals surface area (Å²) in [7, 11) is 4.29. The summed E-state index contributed by atoms with van der Waals surface area (Å²) in [5.74, 6) is 2.50. The van der Waals surface area contributed by atoms with Crippen molar-refractivity contribution in [3.8, 4) is 0 Å². The fraction of sp³-hybridized carbons (Fsp3) is 0.833. The molecule has 0 aliphatic heterocycles. The molecule has 0 bridgehead atoms. The van der Waals surface area contributed by atoms with Gasteiger partial charge in [0.25, 0.3) is 0 Å². The van der Waals surface area contributed by atoms with E-state index in [2.05, 4.69) is 45.8 Å². The maximum Gasteiger partial charge on any atom is 0.0186 e. The van der Waals surface area contributed by atoms with E-state index >= 15 is 0 Å². The molecule has 13 heavy (non-hydrogen) atoms. The molecule has 0 aromatic carbocycles. The molecule has 0 spiro atoms. The summed E-state index contributed by atoms with van der Waals surface area (Å²) >= 11 is 0. The summed E-state index contributed by atoms with van der Waals surface area (Å²) in [6.45, 7) is 8.18. The van der Waals surface area contributed by atoms with Crippen molar-refractivity contribution in [1.29, 1.82) is 0 Å². The number of hydrogen-bond donors (Lipinski definition) is 0. The van der Waals surface area contributed by atoms with Gasteiger partial charge in [-0.25, -0.2) is 0 Å². The van der Waals surface area contributed by atoms with Gasteiger partial charge in [0.1, 0.15) is 0 Å². The third kappa shape index (κ3) is 2.84. The van der Waals surface area contributed by atoms with Crippen molar-refractivity contribution in [2.24, 2.45) is 17.8 Å². The van der Waals surface area contributed by atoms with Crippen LogP contribution in [0.25, 0.3) is 0 Å². The van der Waals surface area contributed by atoms with Crippen LogP contribution in [-0.2, 0) is 0 Å². The molecule has 1 aliphatic carbocycles. The zero-order chi connectivity index (χ0) is 10.0. The normalized spacial score (nSPS) is 28.7. The lowest BCUT2D eigenvalue weighted by molar-refractivity contribution is 0.327. The van der Waals surface area contributed by atoms with Crippen LogP contribution in [0.2, 0.25) is 0 Å². The van der Waals surface area contributed by atoms with Crippen LogP contribution in [0.3, 0.4) is 0 Å². The van der Waals surface area contributed by atoms with Crippen LogP contribution in [-0.4, -0.2) is 25.5 Å². The van der Waals surface area contributed by atoms with E-state index in [-0.39, 0.29) is 0 Å². The maximum atomic E-state index is 2.48. The Labute approximate surface area is 82.8 Å². The maximum absolute atomic E-state index is 2.48. The Morgan fingerprint density at radius 3 is 2.46 bits per heavy atom. The first-order chi connectivity index (χ1) is 6.00. The highest BCUT2D eigenvalue weighted by Crippen LogP contribution is 2.35. The molecule has 0 saturated heterocycles. The average Bonchev–Trinajstić information content (AvgIpc) is 2.29. The van der Waals surface area contributed by atoms with Crippen molar-refractivity contribution in [3.05, 3.63) is 11.6 Å². The predicted octanol–water partition coefficient (Wildman–Crippen LogP) is 2.79. The van der Waals surface area contributed by atoms with Crippen LogP contribution >= 0.6 is 0 Å². The average molecular weight is 181 g/mol. The van der Waals surface area contributed by atoms with E-state index < -0.39 is 0 Å². The zero-order valence-electron chi connectivity index (χ0n) is 9.67. The van der Waals surface area contributed by atoms with E-state index in [1.54, 1.807) is 5.57 Å². The first-order valence-corrected chi connectivity index (χ1v) is 5.35. The summed E-state index contributed by atoms with van der Waals surface area (Å²) in [6, 6.07) is 0. The van der Waals surface area contributed by atoms with Crippen molar-refractivity contribution in [2.45, 2.75) is 27.2 Å². The highest BCUT2D eigenvalue weighted by atomic mass is 15.0. The highest BCUT2D eigenvalue weighted by Gasteiger charge is 2.26. The summed E-state index contributed by atoms with van der Waals surface area (Å²) in [5.41, 5.74) is 1.64. The van der Waals surface area contributed by atoms with Gasteiger partial charge < -0.3 is 4.90 Å². The Balaban J connectivity index is 2.50. The molecule has 0 aromatic heterocycles.